The summed E-state index contributed by atoms with van der Waals surface area (Å²) in [6.45, 7) is 0.824. The predicted molar refractivity (Wildman–Crippen MR) is 69.7 cm³/mol. The Hall–Kier alpha value is -2.17. The van der Waals surface area contributed by atoms with Crippen LogP contribution in [0.3, 0.4) is 0 Å². The van der Waals surface area contributed by atoms with Gasteiger partial charge in [-0.1, -0.05) is 17.3 Å². The molecule has 4 rings (SSSR count). The fourth-order valence-electron chi connectivity index (χ4n) is 2.27. The normalized spacial score (nSPS) is 15.2. The van der Waals surface area contributed by atoms with Crippen molar-refractivity contribution in [2.75, 3.05) is 0 Å². The number of fused-ring (bicyclic) bond motifs is 1. The van der Waals surface area contributed by atoms with Crippen LogP contribution in [0.15, 0.2) is 35.1 Å². The van der Waals surface area contributed by atoms with Crippen molar-refractivity contribution in [3.8, 4) is 0 Å². The van der Waals surface area contributed by atoms with Crippen LogP contribution in [-0.4, -0.2) is 19.7 Å². The molecule has 1 aliphatic rings. The molecule has 0 amide bonds. The van der Waals surface area contributed by atoms with E-state index in [1.54, 1.807) is 0 Å². The Kier molecular flexibility index (Phi) is 2.36. The van der Waals surface area contributed by atoms with Gasteiger partial charge in [-0.3, -0.25) is 0 Å². The third kappa shape index (κ3) is 2.01. The van der Waals surface area contributed by atoms with Crippen molar-refractivity contribution in [1.82, 2.24) is 19.7 Å². The Morgan fingerprint density at radius 3 is 3.05 bits per heavy atom. The van der Waals surface area contributed by atoms with Gasteiger partial charge in [0, 0.05) is 18.9 Å². The van der Waals surface area contributed by atoms with E-state index in [-0.39, 0.29) is 0 Å². The number of aromatic nitrogens is 4. The molecule has 5 nitrogen and oxygen atoms in total. The zero-order valence-electron chi connectivity index (χ0n) is 10.5. The van der Waals surface area contributed by atoms with Crippen LogP contribution in [0.5, 0.6) is 0 Å². The maximum absolute atomic E-state index is 5.26. The Bertz CT molecular complexity index is 711. The van der Waals surface area contributed by atoms with E-state index in [2.05, 4.69) is 25.8 Å². The van der Waals surface area contributed by atoms with Gasteiger partial charge in [0.05, 0.1) is 17.4 Å². The van der Waals surface area contributed by atoms with E-state index >= 15 is 0 Å². The first-order valence-electron chi connectivity index (χ1n) is 6.62. The summed E-state index contributed by atoms with van der Waals surface area (Å²) in [5.41, 5.74) is 2.17. The summed E-state index contributed by atoms with van der Waals surface area (Å²) in [5.74, 6) is 2.13. The van der Waals surface area contributed by atoms with Gasteiger partial charge in [-0.15, -0.1) is 0 Å². The minimum atomic E-state index is 0.523. The monoisotopic (exact) mass is 254 g/mol. The van der Waals surface area contributed by atoms with Crippen LogP contribution in [0.2, 0.25) is 0 Å². The number of benzene rings is 1. The zero-order valence-corrected chi connectivity index (χ0v) is 10.5. The molecule has 5 heteroatoms. The van der Waals surface area contributed by atoms with Gasteiger partial charge >= 0.3 is 0 Å². The Morgan fingerprint density at radius 1 is 1.26 bits per heavy atom. The first-order valence-corrected chi connectivity index (χ1v) is 6.62. The van der Waals surface area contributed by atoms with Gasteiger partial charge in [0.25, 0.3) is 0 Å². The van der Waals surface area contributed by atoms with Crippen LogP contribution in [-0.2, 0) is 13.0 Å². The van der Waals surface area contributed by atoms with Gasteiger partial charge in [-0.05, 0) is 25.0 Å². The maximum atomic E-state index is 5.26. The van der Waals surface area contributed by atoms with Gasteiger partial charge in [-0.2, -0.15) is 4.98 Å². The van der Waals surface area contributed by atoms with Crippen LogP contribution in [0.25, 0.3) is 11.0 Å². The highest BCUT2D eigenvalue weighted by molar-refractivity contribution is 5.74. The van der Waals surface area contributed by atoms with E-state index in [1.807, 2.05) is 24.5 Å². The second-order valence-corrected chi connectivity index (χ2v) is 5.00. The van der Waals surface area contributed by atoms with E-state index in [0.717, 1.165) is 35.7 Å². The van der Waals surface area contributed by atoms with Gasteiger partial charge in [0.1, 0.15) is 0 Å². The smallest absolute Gasteiger partial charge is 0.229 e. The molecule has 96 valence electrons. The number of para-hydroxylation sites is 2. The van der Waals surface area contributed by atoms with Gasteiger partial charge in [0.15, 0.2) is 5.82 Å². The van der Waals surface area contributed by atoms with Gasteiger partial charge in [0.2, 0.25) is 5.89 Å². The van der Waals surface area contributed by atoms with Crippen LogP contribution < -0.4 is 0 Å². The average Bonchev–Trinajstić information content (AvgIpc) is 3.05. The zero-order chi connectivity index (χ0) is 12.7. The number of aryl methyl sites for hydroxylation is 2. The molecular weight excluding hydrogens is 240 g/mol. The van der Waals surface area contributed by atoms with E-state index in [0.29, 0.717) is 5.92 Å². The van der Waals surface area contributed by atoms with E-state index in [4.69, 9.17) is 4.52 Å². The Labute approximate surface area is 110 Å². The molecule has 0 N–H and O–H groups in total. The highest BCUT2D eigenvalue weighted by Crippen LogP contribution is 2.38. The molecule has 0 radical (unpaired) electrons. The number of hydrogen-bond acceptors (Lipinski definition) is 4. The third-order valence-electron chi connectivity index (χ3n) is 3.51. The lowest BCUT2D eigenvalue weighted by atomic mass is 10.3. The van der Waals surface area contributed by atoms with Crippen molar-refractivity contribution in [1.29, 1.82) is 0 Å². The molecule has 2 heterocycles. The maximum Gasteiger partial charge on any atom is 0.229 e. The molecule has 0 bridgehead atoms. The number of imidazole rings is 1. The molecule has 0 spiro atoms. The topological polar surface area (TPSA) is 56.7 Å². The van der Waals surface area contributed by atoms with Crippen molar-refractivity contribution >= 4 is 11.0 Å². The van der Waals surface area contributed by atoms with E-state index in [9.17, 15) is 0 Å². The highest BCUT2D eigenvalue weighted by atomic mass is 16.5. The second kappa shape index (κ2) is 4.19. The molecule has 0 atom stereocenters. The van der Waals surface area contributed by atoms with Crippen molar-refractivity contribution in [3.05, 3.63) is 42.3 Å². The summed E-state index contributed by atoms with van der Waals surface area (Å²) in [6, 6.07) is 8.13. The standard InChI is InChI=1S/C14H14N4O/c1-2-4-12-11(3-1)15-9-18(12)8-7-13-16-14(19-17-13)10-5-6-10/h1-4,9-10H,5-8H2. The largest absolute Gasteiger partial charge is 0.339 e. The molecule has 2 aromatic heterocycles. The van der Waals surface area contributed by atoms with Crippen LogP contribution in [0, 0.1) is 0 Å². The van der Waals surface area contributed by atoms with Crippen molar-refractivity contribution in [2.45, 2.75) is 31.7 Å². The molecule has 3 aromatic rings. The van der Waals surface area contributed by atoms with Crippen LogP contribution in [0.4, 0.5) is 0 Å². The summed E-state index contributed by atoms with van der Waals surface area (Å²) in [7, 11) is 0. The van der Waals surface area contributed by atoms with Crippen LogP contribution >= 0.6 is 0 Å². The van der Waals surface area contributed by atoms with E-state index < -0.39 is 0 Å². The van der Waals surface area contributed by atoms with Crippen LogP contribution in [0.1, 0.15) is 30.5 Å². The first kappa shape index (κ1) is 10.7. The van der Waals surface area contributed by atoms with Gasteiger partial charge < -0.3 is 9.09 Å². The molecule has 0 unspecified atom stereocenters. The predicted octanol–water partition coefficient (Wildman–Crippen LogP) is 2.54. The fraction of sp³-hybridized carbons (Fsp3) is 0.357. The number of hydrogen-bond donors (Lipinski definition) is 0. The number of rotatable bonds is 4. The third-order valence-corrected chi connectivity index (χ3v) is 3.51. The molecule has 0 saturated heterocycles. The number of nitrogens with zero attached hydrogens (tertiary/aromatic N) is 4. The molecule has 0 aliphatic heterocycles. The second-order valence-electron chi connectivity index (χ2n) is 5.00. The summed E-state index contributed by atoms with van der Waals surface area (Å²) < 4.78 is 7.39. The lowest BCUT2D eigenvalue weighted by Gasteiger charge is -2.00. The average molecular weight is 254 g/mol. The molecule has 19 heavy (non-hydrogen) atoms. The van der Waals surface area contributed by atoms with Gasteiger partial charge in [-0.25, -0.2) is 4.98 Å². The SMILES string of the molecule is c1ccc2c(c1)ncn2CCc1noc(C2CC2)n1. The lowest BCUT2D eigenvalue weighted by molar-refractivity contribution is 0.373. The summed E-state index contributed by atoms with van der Waals surface area (Å²) in [5, 5.41) is 4.04. The van der Waals surface area contributed by atoms with Crippen molar-refractivity contribution in [3.63, 3.8) is 0 Å². The van der Waals surface area contributed by atoms with Crippen molar-refractivity contribution < 1.29 is 4.52 Å². The summed E-state index contributed by atoms with van der Waals surface area (Å²) >= 11 is 0. The summed E-state index contributed by atoms with van der Waals surface area (Å²) in [4.78, 5) is 8.81. The summed E-state index contributed by atoms with van der Waals surface area (Å²) in [6.07, 6.45) is 5.02. The Balaban J connectivity index is 1.51. The molecular formula is C14H14N4O. The fourth-order valence-corrected chi connectivity index (χ4v) is 2.27. The quantitative estimate of drug-likeness (QED) is 0.718. The molecule has 1 saturated carbocycles. The molecule has 1 aliphatic carbocycles. The highest BCUT2D eigenvalue weighted by Gasteiger charge is 2.29. The Morgan fingerprint density at radius 2 is 2.16 bits per heavy atom. The minimum Gasteiger partial charge on any atom is -0.339 e. The minimum absolute atomic E-state index is 0.523. The lowest BCUT2D eigenvalue weighted by Crippen LogP contribution is -2.01. The van der Waals surface area contributed by atoms with E-state index in [1.165, 1.54) is 12.8 Å². The van der Waals surface area contributed by atoms with Crippen molar-refractivity contribution in [2.24, 2.45) is 0 Å². The molecule has 1 aromatic carbocycles. The molecule has 1 fully saturated rings. The first-order chi connectivity index (χ1) is 9.40.